The van der Waals surface area contributed by atoms with Gasteiger partial charge in [0.25, 0.3) is 5.56 Å². The lowest BCUT2D eigenvalue weighted by Crippen LogP contribution is -2.19. The predicted molar refractivity (Wildman–Crippen MR) is 196 cm³/mol. The van der Waals surface area contributed by atoms with Gasteiger partial charge in [0.15, 0.2) is 0 Å². The molecule has 0 unspecified atom stereocenters. The molecule has 0 spiro atoms. The van der Waals surface area contributed by atoms with E-state index < -0.39 is 0 Å². The fraction of sp³-hybridized carbons (Fsp3) is 0. The third-order valence-corrected chi connectivity index (χ3v) is 9.92. The molecule has 224 valence electrons. The lowest BCUT2D eigenvalue weighted by atomic mass is 10.0. The highest BCUT2D eigenvalue weighted by Crippen LogP contribution is 2.39. The second-order valence-electron chi connectivity index (χ2n) is 12.5. The van der Waals surface area contributed by atoms with Crippen LogP contribution in [0.25, 0.3) is 98.7 Å². The lowest BCUT2D eigenvalue weighted by molar-refractivity contribution is 0.668. The highest BCUT2D eigenvalue weighted by molar-refractivity contribution is 6.18. The van der Waals surface area contributed by atoms with Crippen LogP contribution in [-0.4, -0.2) is 9.13 Å². The minimum absolute atomic E-state index is 0.0569. The van der Waals surface area contributed by atoms with Gasteiger partial charge in [-0.05, 0) is 78.2 Å². The quantitative estimate of drug-likeness (QED) is 0.182. The first-order valence-electron chi connectivity index (χ1n) is 16.1. The third-order valence-electron chi connectivity index (χ3n) is 9.92. The van der Waals surface area contributed by atoms with Crippen molar-refractivity contribution in [2.75, 3.05) is 0 Å². The fourth-order valence-electron chi connectivity index (χ4n) is 7.78. The van der Waals surface area contributed by atoms with Crippen molar-refractivity contribution in [2.24, 2.45) is 0 Å². The molecule has 11 rings (SSSR count). The number of aromatic nitrogens is 2. The van der Waals surface area contributed by atoms with Gasteiger partial charge < -0.3 is 13.4 Å². The van der Waals surface area contributed by atoms with Gasteiger partial charge in [-0.1, -0.05) is 72.8 Å². The molecule has 0 saturated heterocycles. The van der Waals surface area contributed by atoms with Crippen molar-refractivity contribution in [1.29, 1.82) is 0 Å². The molecule has 7 aromatic carbocycles. The zero-order chi connectivity index (χ0) is 31.5. The van der Waals surface area contributed by atoms with Crippen molar-refractivity contribution in [3.8, 4) is 11.4 Å². The molecule has 11 aromatic rings. The molecule has 0 saturated carbocycles. The van der Waals surface area contributed by atoms with Gasteiger partial charge >= 0.3 is 0 Å². The molecule has 0 N–H and O–H groups in total. The molecule has 5 heteroatoms. The van der Waals surface area contributed by atoms with E-state index in [9.17, 15) is 4.79 Å². The van der Waals surface area contributed by atoms with Gasteiger partial charge in [-0.2, -0.15) is 0 Å². The number of benzene rings is 7. The van der Waals surface area contributed by atoms with E-state index in [1.165, 1.54) is 0 Å². The first-order chi connectivity index (χ1) is 23.7. The van der Waals surface area contributed by atoms with Crippen molar-refractivity contribution < 1.29 is 8.83 Å². The fourth-order valence-corrected chi connectivity index (χ4v) is 7.78. The summed E-state index contributed by atoms with van der Waals surface area (Å²) >= 11 is 0. The molecule has 0 aliphatic heterocycles. The minimum atomic E-state index is -0.0569. The van der Waals surface area contributed by atoms with Crippen LogP contribution in [0.15, 0.2) is 159 Å². The Morgan fingerprint density at radius 1 is 0.333 bits per heavy atom. The number of hydrogen-bond donors (Lipinski definition) is 0. The Morgan fingerprint density at radius 2 is 0.812 bits per heavy atom. The molecule has 0 bridgehead atoms. The van der Waals surface area contributed by atoms with Crippen molar-refractivity contribution in [3.63, 3.8) is 0 Å². The van der Waals surface area contributed by atoms with Crippen molar-refractivity contribution >= 4 is 87.4 Å². The normalized spacial score (nSPS) is 12.2. The largest absolute Gasteiger partial charge is 0.456 e. The highest BCUT2D eigenvalue weighted by atomic mass is 16.3. The van der Waals surface area contributed by atoms with E-state index in [-0.39, 0.29) is 5.56 Å². The first-order valence-corrected chi connectivity index (χ1v) is 16.1. The summed E-state index contributed by atoms with van der Waals surface area (Å²) in [5, 5.41) is 9.08. The van der Waals surface area contributed by atoms with Gasteiger partial charge in [0.05, 0.1) is 22.2 Å². The topological polar surface area (TPSA) is 53.2 Å². The second-order valence-corrected chi connectivity index (χ2v) is 12.5. The van der Waals surface area contributed by atoms with Crippen molar-refractivity contribution in [3.05, 3.63) is 156 Å². The van der Waals surface area contributed by atoms with Crippen LogP contribution < -0.4 is 5.56 Å². The molecule has 4 heterocycles. The number of rotatable bonds is 2. The lowest BCUT2D eigenvalue weighted by Gasteiger charge is -2.15. The van der Waals surface area contributed by atoms with Crippen LogP contribution in [0.1, 0.15) is 0 Å². The van der Waals surface area contributed by atoms with Gasteiger partial charge in [0, 0.05) is 48.8 Å². The summed E-state index contributed by atoms with van der Waals surface area (Å²) in [6, 6.07) is 49.5. The van der Waals surface area contributed by atoms with Gasteiger partial charge in [-0.15, -0.1) is 0 Å². The van der Waals surface area contributed by atoms with Crippen LogP contribution in [-0.2, 0) is 0 Å². The van der Waals surface area contributed by atoms with Gasteiger partial charge in [0.2, 0.25) is 0 Å². The molecule has 0 aliphatic rings. The first kappa shape index (κ1) is 25.6. The number of para-hydroxylation sites is 3. The molecular formula is C43H24N2O3. The standard InChI is InChI=1S/C43H24N2O3/c46-43-31-13-2-1-9-27(31)32-23-33-28-10-3-6-14-36(28)44(25-17-19-41-34(21-25)29-11-4-7-15-39(29)47-41)37(33)24-38(32)45(43)26-18-20-42-35(22-26)30-12-5-8-16-40(30)48-42/h1-24H. The summed E-state index contributed by atoms with van der Waals surface area (Å²) in [4.78, 5) is 14.5. The van der Waals surface area contributed by atoms with E-state index in [2.05, 4.69) is 83.4 Å². The SMILES string of the molecule is O=c1c2ccccc2c2cc3c4ccccc4n(-c4ccc5oc6ccccc6c5c4)c3cc2n1-c1ccc2oc3ccccc3c2c1. The third kappa shape index (κ3) is 3.37. The van der Waals surface area contributed by atoms with Crippen LogP contribution in [0, 0.1) is 0 Å². The van der Waals surface area contributed by atoms with Crippen molar-refractivity contribution in [1.82, 2.24) is 9.13 Å². The Morgan fingerprint density at radius 3 is 1.48 bits per heavy atom. The van der Waals surface area contributed by atoms with E-state index in [0.717, 1.165) is 93.3 Å². The average Bonchev–Trinajstić information content (AvgIpc) is 3.80. The summed E-state index contributed by atoms with van der Waals surface area (Å²) in [6.07, 6.45) is 0. The Balaban J connectivity index is 1.28. The molecule has 0 amide bonds. The molecule has 0 radical (unpaired) electrons. The zero-order valence-corrected chi connectivity index (χ0v) is 25.5. The summed E-state index contributed by atoms with van der Waals surface area (Å²) < 4.78 is 16.5. The second kappa shape index (κ2) is 9.24. The Labute approximate surface area is 272 Å². The van der Waals surface area contributed by atoms with E-state index in [4.69, 9.17) is 8.83 Å². The molecule has 48 heavy (non-hydrogen) atoms. The maximum Gasteiger partial charge on any atom is 0.263 e. The van der Waals surface area contributed by atoms with Crippen LogP contribution >= 0.6 is 0 Å². The molecule has 4 aromatic heterocycles. The number of pyridine rings is 1. The van der Waals surface area contributed by atoms with Crippen LogP contribution in [0.4, 0.5) is 0 Å². The summed E-state index contributed by atoms with van der Waals surface area (Å²) in [5.41, 5.74) is 8.08. The molecule has 0 fully saturated rings. The van der Waals surface area contributed by atoms with Gasteiger partial charge in [0.1, 0.15) is 22.3 Å². The molecule has 5 nitrogen and oxygen atoms in total. The monoisotopic (exact) mass is 616 g/mol. The summed E-state index contributed by atoms with van der Waals surface area (Å²) in [5.74, 6) is 0. The average molecular weight is 617 g/mol. The Hall–Kier alpha value is -6.59. The number of furan rings is 2. The summed E-state index contributed by atoms with van der Waals surface area (Å²) in [6.45, 7) is 0. The van der Waals surface area contributed by atoms with Crippen LogP contribution in [0.5, 0.6) is 0 Å². The smallest absolute Gasteiger partial charge is 0.263 e. The van der Waals surface area contributed by atoms with Crippen molar-refractivity contribution in [2.45, 2.75) is 0 Å². The predicted octanol–water partition coefficient (Wildman–Crippen LogP) is 11.0. The maximum absolute atomic E-state index is 14.5. The number of fused-ring (bicyclic) bond motifs is 12. The van der Waals surface area contributed by atoms with Gasteiger partial charge in [-0.25, -0.2) is 0 Å². The van der Waals surface area contributed by atoms with E-state index in [1.54, 1.807) is 0 Å². The van der Waals surface area contributed by atoms with Gasteiger partial charge in [-0.3, -0.25) is 9.36 Å². The van der Waals surface area contributed by atoms with Crippen LogP contribution in [0.2, 0.25) is 0 Å². The highest BCUT2D eigenvalue weighted by Gasteiger charge is 2.20. The zero-order valence-electron chi connectivity index (χ0n) is 25.5. The minimum Gasteiger partial charge on any atom is -0.456 e. The van der Waals surface area contributed by atoms with E-state index in [0.29, 0.717) is 5.39 Å². The van der Waals surface area contributed by atoms with Crippen LogP contribution in [0.3, 0.4) is 0 Å². The molecule has 0 aliphatic carbocycles. The number of nitrogens with zero attached hydrogens (tertiary/aromatic N) is 2. The summed E-state index contributed by atoms with van der Waals surface area (Å²) in [7, 11) is 0. The maximum atomic E-state index is 14.5. The Bertz CT molecular complexity index is 3210. The van der Waals surface area contributed by atoms with E-state index >= 15 is 0 Å². The Kier molecular flexibility index (Phi) is 4.93. The molecular weight excluding hydrogens is 592 g/mol. The number of hydrogen-bond acceptors (Lipinski definition) is 3. The molecule has 0 atom stereocenters. The van der Waals surface area contributed by atoms with E-state index in [1.807, 2.05) is 71.3 Å².